The monoisotopic (exact) mass is 283 g/mol. The van der Waals surface area contributed by atoms with E-state index in [0.717, 1.165) is 29.5 Å². The standard InChI is InChI=1S/C13H15Cl2N3/c1-17(8-10-5-3-4-6-11(10)14)9-13-16-7-12(15)18(13)2/h3-7H,8-9H2,1-2H3. The first-order valence-electron chi connectivity index (χ1n) is 5.66. The normalized spacial score (nSPS) is 11.2. The van der Waals surface area contributed by atoms with E-state index in [-0.39, 0.29) is 0 Å². The second-order valence-corrected chi connectivity index (χ2v) is 5.11. The first kappa shape index (κ1) is 13.4. The molecule has 0 aliphatic heterocycles. The maximum atomic E-state index is 6.14. The van der Waals surface area contributed by atoms with Crippen molar-refractivity contribution in [3.05, 3.63) is 52.0 Å². The zero-order chi connectivity index (χ0) is 13.1. The third-order valence-corrected chi connectivity index (χ3v) is 3.56. The maximum Gasteiger partial charge on any atom is 0.128 e. The zero-order valence-corrected chi connectivity index (χ0v) is 11.9. The highest BCUT2D eigenvalue weighted by molar-refractivity contribution is 6.31. The first-order valence-corrected chi connectivity index (χ1v) is 6.41. The van der Waals surface area contributed by atoms with Gasteiger partial charge in [0.25, 0.3) is 0 Å². The largest absolute Gasteiger partial charge is 0.321 e. The van der Waals surface area contributed by atoms with Gasteiger partial charge in [-0.05, 0) is 18.7 Å². The van der Waals surface area contributed by atoms with Gasteiger partial charge in [0.1, 0.15) is 11.0 Å². The number of halogens is 2. The molecule has 0 saturated heterocycles. The molecule has 1 heterocycles. The third-order valence-electron chi connectivity index (χ3n) is 2.84. The molecular weight excluding hydrogens is 269 g/mol. The van der Waals surface area contributed by atoms with E-state index < -0.39 is 0 Å². The van der Waals surface area contributed by atoms with Crippen molar-refractivity contribution in [3.8, 4) is 0 Å². The van der Waals surface area contributed by atoms with Crippen LogP contribution in [0.4, 0.5) is 0 Å². The van der Waals surface area contributed by atoms with Crippen LogP contribution >= 0.6 is 23.2 Å². The van der Waals surface area contributed by atoms with E-state index in [2.05, 4.69) is 9.88 Å². The van der Waals surface area contributed by atoms with E-state index in [1.165, 1.54) is 0 Å². The summed E-state index contributed by atoms with van der Waals surface area (Å²) in [6.07, 6.45) is 1.67. The summed E-state index contributed by atoms with van der Waals surface area (Å²) < 4.78 is 1.88. The van der Waals surface area contributed by atoms with Gasteiger partial charge in [0.15, 0.2) is 0 Å². The Bertz CT molecular complexity index is 537. The molecule has 0 aliphatic carbocycles. The first-order chi connectivity index (χ1) is 8.58. The summed E-state index contributed by atoms with van der Waals surface area (Å²) >= 11 is 12.1. The number of aromatic nitrogens is 2. The Morgan fingerprint density at radius 2 is 1.94 bits per heavy atom. The second kappa shape index (κ2) is 5.74. The summed E-state index contributed by atoms with van der Waals surface area (Å²) in [6.45, 7) is 1.51. The lowest BCUT2D eigenvalue weighted by molar-refractivity contribution is 0.307. The number of rotatable bonds is 4. The fourth-order valence-electron chi connectivity index (χ4n) is 1.79. The minimum absolute atomic E-state index is 0.649. The van der Waals surface area contributed by atoms with Gasteiger partial charge in [0.2, 0.25) is 0 Å². The second-order valence-electron chi connectivity index (χ2n) is 4.32. The molecule has 0 fully saturated rings. The Morgan fingerprint density at radius 1 is 1.22 bits per heavy atom. The molecule has 0 amide bonds. The van der Waals surface area contributed by atoms with Crippen molar-refractivity contribution in [3.63, 3.8) is 0 Å². The Morgan fingerprint density at radius 3 is 2.56 bits per heavy atom. The molecule has 0 bridgehead atoms. The molecular formula is C13H15Cl2N3. The van der Waals surface area contributed by atoms with Crippen LogP contribution in [0.2, 0.25) is 10.2 Å². The van der Waals surface area contributed by atoms with Crippen LogP contribution < -0.4 is 0 Å². The highest BCUT2D eigenvalue weighted by Gasteiger charge is 2.09. The van der Waals surface area contributed by atoms with E-state index in [0.29, 0.717) is 5.15 Å². The minimum atomic E-state index is 0.649. The molecule has 1 aromatic heterocycles. The number of imidazole rings is 1. The summed E-state index contributed by atoms with van der Waals surface area (Å²) in [5.74, 6) is 0.939. The van der Waals surface area contributed by atoms with E-state index in [1.807, 2.05) is 42.9 Å². The molecule has 0 atom stereocenters. The van der Waals surface area contributed by atoms with Gasteiger partial charge in [-0.3, -0.25) is 4.90 Å². The Kier molecular flexibility index (Phi) is 4.27. The molecule has 5 heteroatoms. The summed E-state index contributed by atoms with van der Waals surface area (Å²) in [6, 6.07) is 7.86. The lowest BCUT2D eigenvalue weighted by Crippen LogP contribution is -2.19. The Labute approximate surface area is 117 Å². The van der Waals surface area contributed by atoms with Gasteiger partial charge in [-0.15, -0.1) is 0 Å². The van der Waals surface area contributed by atoms with Gasteiger partial charge in [0.05, 0.1) is 12.7 Å². The van der Waals surface area contributed by atoms with Crippen LogP contribution in [0.5, 0.6) is 0 Å². The van der Waals surface area contributed by atoms with Gasteiger partial charge >= 0.3 is 0 Å². The van der Waals surface area contributed by atoms with Crippen LogP contribution in [0.25, 0.3) is 0 Å². The van der Waals surface area contributed by atoms with Crippen molar-refractivity contribution in [2.24, 2.45) is 7.05 Å². The molecule has 0 unspecified atom stereocenters. The number of nitrogens with zero attached hydrogens (tertiary/aromatic N) is 3. The predicted octanol–water partition coefficient (Wildman–Crippen LogP) is 3.36. The van der Waals surface area contributed by atoms with Crippen molar-refractivity contribution in [2.45, 2.75) is 13.1 Å². The average molecular weight is 284 g/mol. The van der Waals surface area contributed by atoms with Crippen LogP contribution in [-0.2, 0) is 20.1 Å². The maximum absolute atomic E-state index is 6.14. The smallest absolute Gasteiger partial charge is 0.128 e. The van der Waals surface area contributed by atoms with Crippen LogP contribution in [0, 0.1) is 0 Å². The van der Waals surface area contributed by atoms with E-state index in [9.17, 15) is 0 Å². The fourth-order valence-corrected chi connectivity index (χ4v) is 2.13. The molecule has 96 valence electrons. The molecule has 3 nitrogen and oxygen atoms in total. The SMILES string of the molecule is CN(Cc1ccccc1Cl)Cc1ncc(Cl)n1C. The number of benzene rings is 1. The van der Waals surface area contributed by atoms with Gasteiger partial charge in [-0.2, -0.15) is 0 Å². The summed E-state index contributed by atoms with van der Waals surface area (Å²) in [5, 5.41) is 1.44. The Hall–Kier alpha value is -1.03. The molecule has 0 radical (unpaired) electrons. The van der Waals surface area contributed by atoms with Gasteiger partial charge in [0, 0.05) is 18.6 Å². The van der Waals surface area contributed by atoms with Crippen LogP contribution in [-0.4, -0.2) is 21.5 Å². The van der Waals surface area contributed by atoms with Crippen molar-refractivity contribution < 1.29 is 0 Å². The third kappa shape index (κ3) is 3.05. The quantitative estimate of drug-likeness (QED) is 0.858. The van der Waals surface area contributed by atoms with Gasteiger partial charge in [-0.25, -0.2) is 4.98 Å². The van der Waals surface area contributed by atoms with E-state index >= 15 is 0 Å². The predicted molar refractivity (Wildman–Crippen MR) is 74.8 cm³/mol. The van der Waals surface area contributed by atoms with Crippen molar-refractivity contribution in [2.75, 3.05) is 7.05 Å². The highest BCUT2D eigenvalue weighted by Crippen LogP contribution is 2.17. The van der Waals surface area contributed by atoms with Crippen LogP contribution in [0.1, 0.15) is 11.4 Å². The number of hydrogen-bond acceptors (Lipinski definition) is 2. The lowest BCUT2D eigenvalue weighted by Gasteiger charge is -2.17. The molecule has 2 rings (SSSR count). The lowest BCUT2D eigenvalue weighted by atomic mass is 10.2. The molecule has 2 aromatic rings. The molecule has 1 aromatic carbocycles. The number of hydrogen-bond donors (Lipinski definition) is 0. The van der Waals surface area contributed by atoms with E-state index in [4.69, 9.17) is 23.2 Å². The Balaban J connectivity index is 2.03. The summed E-state index contributed by atoms with van der Waals surface area (Å²) in [7, 11) is 3.94. The van der Waals surface area contributed by atoms with Crippen molar-refractivity contribution in [1.29, 1.82) is 0 Å². The molecule has 0 aliphatic rings. The zero-order valence-electron chi connectivity index (χ0n) is 10.4. The highest BCUT2D eigenvalue weighted by atomic mass is 35.5. The van der Waals surface area contributed by atoms with Gasteiger partial charge in [-0.1, -0.05) is 41.4 Å². The molecule has 0 N–H and O–H groups in total. The minimum Gasteiger partial charge on any atom is -0.321 e. The van der Waals surface area contributed by atoms with Crippen LogP contribution in [0.15, 0.2) is 30.5 Å². The fraction of sp³-hybridized carbons (Fsp3) is 0.308. The van der Waals surface area contributed by atoms with Crippen LogP contribution in [0.3, 0.4) is 0 Å². The summed E-state index contributed by atoms with van der Waals surface area (Å²) in [5.41, 5.74) is 1.11. The van der Waals surface area contributed by atoms with Gasteiger partial charge < -0.3 is 4.57 Å². The topological polar surface area (TPSA) is 21.1 Å². The molecule has 0 saturated carbocycles. The van der Waals surface area contributed by atoms with E-state index in [1.54, 1.807) is 6.20 Å². The molecule has 18 heavy (non-hydrogen) atoms. The average Bonchev–Trinajstić information content (AvgIpc) is 2.64. The van der Waals surface area contributed by atoms with Crippen molar-refractivity contribution in [1.82, 2.24) is 14.5 Å². The van der Waals surface area contributed by atoms with Crippen molar-refractivity contribution >= 4 is 23.2 Å². The molecule has 0 spiro atoms. The summed E-state index contributed by atoms with van der Waals surface area (Å²) in [4.78, 5) is 6.43.